The van der Waals surface area contributed by atoms with Gasteiger partial charge in [0.2, 0.25) is 11.8 Å². The van der Waals surface area contributed by atoms with Gasteiger partial charge in [-0.1, -0.05) is 0 Å². The van der Waals surface area contributed by atoms with Crippen molar-refractivity contribution in [2.75, 3.05) is 31.6 Å². The van der Waals surface area contributed by atoms with Crippen LogP contribution in [0.25, 0.3) is 0 Å². The molecule has 1 atom stereocenters. The van der Waals surface area contributed by atoms with Crippen molar-refractivity contribution < 1.29 is 9.53 Å². The van der Waals surface area contributed by atoms with Crippen LogP contribution in [0.3, 0.4) is 0 Å². The Morgan fingerprint density at radius 3 is 2.95 bits per heavy atom. The molecule has 1 aromatic rings. The van der Waals surface area contributed by atoms with E-state index < -0.39 is 0 Å². The third kappa shape index (κ3) is 2.55. The highest BCUT2D eigenvalue weighted by Gasteiger charge is 2.31. The van der Waals surface area contributed by atoms with Crippen LogP contribution in [0.5, 0.6) is 5.88 Å². The molecule has 1 amide bonds. The standard InChI is InChI=1S/C14H20N4O2/c1-20-13-8-12(15-10-16-13)17-6-2-4-11(9-17)18-7-3-5-14(18)19/h8,10-11H,2-7,9H2,1H3. The maximum Gasteiger partial charge on any atom is 0.222 e. The smallest absolute Gasteiger partial charge is 0.222 e. The van der Waals surface area contributed by atoms with Gasteiger partial charge in [-0.3, -0.25) is 4.79 Å². The van der Waals surface area contributed by atoms with Crippen molar-refractivity contribution in [1.29, 1.82) is 0 Å². The van der Waals surface area contributed by atoms with Crippen molar-refractivity contribution >= 4 is 11.7 Å². The van der Waals surface area contributed by atoms with Crippen molar-refractivity contribution in [2.45, 2.75) is 31.7 Å². The Morgan fingerprint density at radius 1 is 1.30 bits per heavy atom. The highest BCUT2D eigenvalue weighted by molar-refractivity contribution is 5.78. The van der Waals surface area contributed by atoms with Gasteiger partial charge >= 0.3 is 0 Å². The number of amides is 1. The van der Waals surface area contributed by atoms with Gasteiger partial charge in [0.1, 0.15) is 12.1 Å². The molecule has 1 aromatic heterocycles. The summed E-state index contributed by atoms with van der Waals surface area (Å²) in [7, 11) is 1.61. The number of hydrogen-bond acceptors (Lipinski definition) is 5. The zero-order chi connectivity index (χ0) is 13.9. The summed E-state index contributed by atoms with van der Waals surface area (Å²) in [5.41, 5.74) is 0. The second-order valence-corrected chi connectivity index (χ2v) is 5.35. The first-order valence-electron chi connectivity index (χ1n) is 7.18. The summed E-state index contributed by atoms with van der Waals surface area (Å²) in [6.07, 6.45) is 5.40. The van der Waals surface area contributed by atoms with E-state index in [0.717, 1.165) is 44.7 Å². The van der Waals surface area contributed by atoms with Crippen molar-refractivity contribution in [2.24, 2.45) is 0 Å². The maximum atomic E-state index is 11.9. The van der Waals surface area contributed by atoms with Gasteiger partial charge in [-0.15, -0.1) is 0 Å². The van der Waals surface area contributed by atoms with Crippen molar-refractivity contribution in [3.8, 4) is 5.88 Å². The normalized spacial score (nSPS) is 23.2. The Bertz CT molecular complexity index is 494. The van der Waals surface area contributed by atoms with Gasteiger partial charge in [0.05, 0.1) is 7.11 Å². The summed E-state index contributed by atoms with van der Waals surface area (Å²) in [6, 6.07) is 2.17. The number of carbonyl (C=O) groups excluding carboxylic acids is 1. The van der Waals surface area contributed by atoms with Gasteiger partial charge in [-0.2, -0.15) is 0 Å². The van der Waals surface area contributed by atoms with E-state index in [9.17, 15) is 4.79 Å². The maximum absolute atomic E-state index is 11.9. The van der Waals surface area contributed by atoms with Crippen LogP contribution in [-0.4, -0.2) is 53.6 Å². The quantitative estimate of drug-likeness (QED) is 0.826. The number of likely N-dealkylation sites (tertiary alicyclic amines) is 1. The zero-order valence-corrected chi connectivity index (χ0v) is 11.8. The first-order chi connectivity index (χ1) is 9.78. The summed E-state index contributed by atoms with van der Waals surface area (Å²) in [5, 5.41) is 0. The molecule has 2 aliphatic heterocycles. The van der Waals surface area contributed by atoms with Crippen LogP contribution in [-0.2, 0) is 4.79 Å². The molecule has 6 nitrogen and oxygen atoms in total. The van der Waals surface area contributed by atoms with E-state index in [1.165, 1.54) is 6.33 Å². The monoisotopic (exact) mass is 276 g/mol. The van der Waals surface area contributed by atoms with Crippen LogP contribution >= 0.6 is 0 Å². The van der Waals surface area contributed by atoms with Gasteiger partial charge in [0.15, 0.2) is 0 Å². The lowest BCUT2D eigenvalue weighted by atomic mass is 10.0. The Balaban J connectivity index is 1.72. The Hall–Kier alpha value is -1.85. The molecule has 0 bridgehead atoms. The number of piperidine rings is 1. The predicted octanol–water partition coefficient (Wildman–Crippen LogP) is 1.08. The number of ether oxygens (including phenoxy) is 1. The predicted molar refractivity (Wildman–Crippen MR) is 74.8 cm³/mol. The van der Waals surface area contributed by atoms with Crippen LogP contribution < -0.4 is 9.64 Å². The number of hydrogen-bond donors (Lipinski definition) is 0. The average molecular weight is 276 g/mol. The minimum atomic E-state index is 0.303. The molecule has 0 N–H and O–H groups in total. The Morgan fingerprint density at radius 2 is 2.20 bits per heavy atom. The molecule has 1 unspecified atom stereocenters. The van der Waals surface area contributed by atoms with Gasteiger partial charge < -0.3 is 14.5 Å². The number of nitrogens with zero attached hydrogens (tertiary/aromatic N) is 4. The second-order valence-electron chi connectivity index (χ2n) is 5.35. The second kappa shape index (κ2) is 5.64. The van der Waals surface area contributed by atoms with Crippen LogP contribution in [0.4, 0.5) is 5.82 Å². The molecule has 0 aliphatic carbocycles. The highest BCUT2D eigenvalue weighted by Crippen LogP contribution is 2.25. The van der Waals surface area contributed by atoms with Crippen molar-refractivity contribution in [3.63, 3.8) is 0 Å². The molecular formula is C14H20N4O2. The van der Waals surface area contributed by atoms with Gasteiger partial charge in [0, 0.05) is 38.2 Å². The largest absolute Gasteiger partial charge is 0.481 e. The third-order valence-corrected chi connectivity index (χ3v) is 4.11. The summed E-state index contributed by atoms with van der Waals surface area (Å²) in [6.45, 7) is 2.73. The fourth-order valence-corrected chi connectivity index (χ4v) is 3.09. The van der Waals surface area contributed by atoms with Crippen molar-refractivity contribution in [1.82, 2.24) is 14.9 Å². The van der Waals surface area contributed by atoms with E-state index in [0.29, 0.717) is 24.2 Å². The van der Waals surface area contributed by atoms with Crippen LogP contribution in [0.1, 0.15) is 25.7 Å². The Labute approximate surface area is 118 Å². The number of aromatic nitrogens is 2. The first kappa shape index (κ1) is 13.1. The molecule has 3 rings (SSSR count). The first-order valence-corrected chi connectivity index (χ1v) is 7.18. The minimum absolute atomic E-state index is 0.303. The third-order valence-electron chi connectivity index (χ3n) is 4.11. The van der Waals surface area contributed by atoms with Crippen molar-refractivity contribution in [3.05, 3.63) is 12.4 Å². The lowest BCUT2D eigenvalue weighted by molar-refractivity contribution is -0.129. The molecule has 2 saturated heterocycles. The molecule has 6 heteroatoms. The van der Waals surface area contributed by atoms with Crippen LogP contribution in [0, 0.1) is 0 Å². The van der Waals surface area contributed by atoms with Gasteiger partial charge in [0.25, 0.3) is 0 Å². The molecule has 3 heterocycles. The number of anilines is 1. The minimum Gasteiger partial charge on any atom is -0.481 e. The van der Waals surface area contributed by atoms with E-state index in [2.05, 4.69) is 14.9 Å². The van der Waals surface area contributed by atoms with E-state index in [4.69, 9.17) is 4.74 Å². The van der Waals surface area contributed by atoms with Crippen LogP contribution in [0.2, 0.25) is 0 Å². The number of rotatable bonds is 3. The lowest BCUT2D eigenvalue weighted by Crippen LogP contribution is -2.48. The van der Waals surface area contributed by atoms with E-state index in [1.807, 2.05) is 11.0 Å². The Kier molecular flexibility index (Phi) is 3.71. The summed E-state index contributed by atoms with van der Waals surface area (Å²) in [4.78, 5) is 24.5. The highest BCUT2D eigenvalue weighted by atomic mass is 16.5. The SMILES string of the molecule is COc1cc(N2CCCC(N3CCCC3=O)C2)ncn1. The van der Waals surface area contributed by atoms with Crippen LogP contribution in [0.15, 0.2) is 12.4 Å². The average Bonchev–Trinajstić information content (AvgIpc) is 2.94. The fraction of sp³-hybridized carbons (Fsp3) is 0.643. The number of methoxy groups -OCH3 is 1. The van der Waals surface area contributed by atoms with E-state index >= 15 is 0 Å². The summed E-state index contributed by atoms with van der Waals surface area (Å²) >= 11 is 0. The molecular weight excluding hydrogens is 256 g/mol. The summed E-state index contributed by atoms with van der Waals surface area (Å²) < 4.78 is 5.15. The molecule has 0 saturated carbocycles. The molecule has 0 spiro atoms. The fourth-order valence-electron chi connectivity index (χ4n) is 3.09. The zero-order valence-electron chi connectivity index (χ0n) is 11.8. The number of carbonyl (C=O) groups is 1. The lowest BCUT2D eigenvalue weighted by Gasteiger charge is -2.38. The summed E-state index contributed by atoms with van der Waals surface area (Å²) in [5.74, 6) is 1.76. The molecule has 0 radical (unpaired) electrons. The van der Waals surface area contributed by atoms with E-state index in [-0.39, 0.29) is 0 Å². The topological polar surface area (TPSA) is 58.6 Å². The molecule has 0 aromatic carbocycles. The van der Waals surface area contributed by atoms with Gasteiger partial charge in [-0.25, -0.2) is 9.97 Å². The molecule has 2 fully saturated rings. The van der Waals surface area contributed by atoms with Gasteiger partial charge in [-0.05, 0) is 19.3 Å². The molecule has 2 aliphatic rings. The molecule has 20 heavy (non-hydrogen) atoms. The van der Waals surface area contributed by atoms with E-state index in [1.54, 1.807) is 7.11 Å². The molecule has 108 valence electrons.